The first-order valence-corrected chi connectivity index (χ1v) is 7.37. The van der Waals surface area contributed by atoms with Crippen LogP contribution in [-0.4, -0.2) is 15.7 Å². The van der Waals surface area contributed by atoms with Gasteiger partial charge in [-0.05, 0) is 42.4 Å². The van der Waals surface area contributed by atoms with Gasteiger partial charge in [-0.25, -0.2) is 0 Å². The van der Waals surface area contributed by atoms with Crippen molar-refractivity contribution in [2.24, 2.45) is 13.0 Å². The number of halogens is 2. The van der Waals surface area contributed by atoms with E-state index in [4.69, 9.17) is 23.2 Å². The molecule has 0 saturated heterocycles. The zero-order valence-corrected chi connectivity index (χ0v) is 12.5. The van der Waals surface area contributed by atoms with Gasteiger partial charge in [-0.1, -0.05) is 29.8 Å². The molecule has 0 fully saturated rings. The average Bonchev–Trinajstić information content (AvgIpc) is 2.82. The Labute approximate surface area is 124 Å². The summed E-state index contributed by atoms with van der Waals surface area (Å²) in [4.78, 5) is 0. The zero-order valence-electron chi connectivity index (χ0n) is 11.0. The highest BCUT2D eigenvalue weighted by Gasteiger charge is 2.11. The first kappa shape index (κ1) is 14.4. The predicted octanol–water partition coefficient (Wildman–Crippen LogP) is 4.10. The maximum Gasteiger partial charge on any atom is 0.0521 e. The maximum atomic E-state index is 6.19. The molecule has 0 radical (unpaired) electrons. The summed E-state index contributed by atoms with van der Waals surface area (Å²) in [6, 6.07) is 7.99. The Balaban J connectivity index is 1.92. The number of hydrogen-bond donors (Lipinski definition) is 0. The van der Waals surface area contributed by atoms with Gasteiger partial charge in [0.2, 0.25) is 0 Å². The van der Waals surface area contributed by atoms with Crippen LogP contribution in [0.2, 0.25) is 5.02 Å². The van der Waals surface area contributed by atoms with Gasteiger partial charge in [0, 0.05) is 24.1 Å². The van der Waals surface area contributed by atoms with Gasteiger partial charge >= 0.3 is 0 Å². The topological polar surface area (TPSA) is 17.8 Å². The molecule has 0 amide bonds. The Hall–Kier alpha value is -0.990. The number of alkyl halides is 1. The van der Waals surface area contributed by atoms with E-state index in [1.54, 1.807) is 0 Å². The van der Waals surface area contributed by atoms with Crippen LogP contribution >= 0.6 is 23.2 Å². The van der Waals surface area contributed by atoms with Crippen molar-refractivity contribution in [2.75, 3.05) is 5.88 Å². The van der Waals surface area contributed by atoms with E-state index in [0.717, 1.165) is 24.3 Å². The summed E-state index contributed by atoms with van der Waals surface area (Å²) in [7, 11) is 1.94. The SMILES string of the molecule is Cn1cc(CCC(CCl)Cc2ccccc2Cl)cn1. The van der Waals surface area contributed by atoms with Crippen molar-refractivity contribution in [2.45, 2.75) is 19.3 Å². The van der Waals surface area contributed by atoms with Crippen LogP contribution in [-0.2, 0) is 19.9 Å². The van der Waals surface area contributed by atoms with Crippen molar-refractivity contribution >= 4 is 23.2 Å². The van der Waals surface area contributed by atoms with Crippen molar-refractivity contribution in [3.05, 3.63) is 52.8 Å². The molecule has 0 bridgehead atoms. The normalized spacial score (nSPS) is 12.6. The third-order valence-corrected chi connectivity index (χ3v) is 4.09. The minimum absolute atomic E-state index is 0.446. The van der Waals surface area contributed by atoms with Crippen LogP contribution in [0.1, 0.15) is 17.5 Å². The maximum absolute atomic E-state index is 6.19. The molecule has 0 saturated carbocycles. The molecule has 2 nitrogen and oxygen atoms in total. The van der Waals surface area contributed by atoms with E-state index < -0.39 is 0 Å². The number of rotatable bonds is 6. The molecule has 0 aliphatic rings. The van der Waals surface area contributed by atoms with Crippen molar-refractivity contribution in [1.82, 2.24) is 9.78 Å². The third kappa shape index (κ3) is 4.26. The zero-order chi connectivity index (χ0) is 13.7. The lowest BCUT2D eigenvalue weighted by Crippen LogP contribution is -2.08. The highest BCUT2D eigenvalue weighted by Crippen LogP contribution is 2.22. The standard InChI is InChI=1S/C15H18Cl2N2/c1-19-11-13(10-18-19)7-6-12(9-16)8-14-4-2-3-5-15(14)17/h2-5,10-12H,6-9H2,1H3. The summed E-state index contributed by atoms with van der Waals surface area (Å²) in [5.74, 6) is 1.10. The Bertz CT molecular complexity index is 522. The minimum Gasteiger partial charge on any atom is -0.276 e. The van der Waals surface area contributed by atoms with Crippen molar-refractivity contribution in [3.63, 3.8) is 0 Å². The number of nitrogens with zero attached hydrogens (tertiary/aromatic N) is 2. The van der Waals surface area contributed by atoms with Gasteiger partial charge in [0.15, 0.2) is 0 Å². The Kier molecular flexibility index (Phi) is 5.29. The van der Waals surface area contributed by atoms with E-state index in [1.807, 2.05) is 36.1 Å². The van der Waals surface area contributed by atoms with E-state index >= 15 is 0 Å². The van der Waals surface area contributed by atoms with Gasteiger partial charge in [-0.2, -0.15) is 5.10 Å². The molecule has 0 aliphatic heterocycles. The summed E-state index contributed by atoms with van der Waals surface area (Å²) in [6.45, 7) is 0. The van der Waals surface area contributed by atoms with Crippen molar-refractivity contribution < 1.29 is 0 Å². The lowest BCUT2D eigenvalue weighted by molar-refractivity contribution is 0.536. The molecule has 0 spiro atoms. The summed E-state index contributed by atoms with van der Waals surface area (Å²) < 4.78 is 1.83. The summed E-state index contributed by atoms with van der Waals surface area (Å²) in [5.41, 5.74) is 2.44. The van der Waals surface area contributed by atoms with E-state index in [1.165, 1.54) is 11.1 Å². The lowest BCUT2D eigenvalue weighted by Gasteiger charge is -2.14. The van der Waals surface area contributed by atoms with Gasteiger partial charge in [0.05, 0.1) is 6.20 Å². The molecule has 2 rings (SSSR count). The Morgan fingerprint density at radius 3 is 2.74 bits per heavy atom. The van der Waals surface area contributed by atoms with Crippen molar-refractivity contribution in [1.29, 1.82) is 0 Å². The molecular weight excluding hydrogens is 279 g/mol. The minimum atomic E-state index is 0.446. The summed E-state index contributed by atoms with van der Waals surface area (Å²) >= 11 is 12.3. The lowest BCUT2D eigenvalue weighted by atomic mass is 9.95. The fourth-order valence-electron chi connectivity index (χ4n) is 2.18. The van der Waals surface area contributed by atoms with Crippen LogP contribution in [0.4, 0.5) is 0 Å². The van der Waals surface area contributed by atoms with Crippen LogP contribution in [0.15, 0.2) is 36.7 Å². The van der Waals surface area contributed by atoms with Crippen LogP contribution in [0.5, 0.6) is 0 Å². The number of aryl methyl sites for hydroxylation is 2. The summed E-state index contributed by atoms with van der Waals surface area (Å²) in [5, 5.41) is 5.01. The molecule has 2 aromatic rings. The molecule has 102 valence electrons. The second kappa shape index (κ2) is 6.97. The first-order chi connectivity index (χ1) is 9.19. The third-order valence-electron chi connectivity index (χ3n) is 3.28. The van der Waals surface area contributed by atoms with Gasteiger partial charge in [0.25, 0.3) is 0 Å². The van der Waals surface area contributed by atoms with Gasteiger partial charge in [-0.3, -0.25) is 4.68 Å². The molecule has 4 heteroatoms. The smallest absolute Gasteiger partial charge is 0.0521 e. The number of hydrogen-bond acceptors (Lipinski definition) is 1. The molecule has 0 aliphatic carbocycles. The predicted molar refractivity (Wildman–Crippen MR) is 80.9 cm³/mol. The fraction of sp³-hybridized carbons (Fsp3) is 0.400. The van der Waals surface area contributed by atoms with E-state index in [9.17, 15) is 0 Å². The van der Waals surface area contributed by atoms with Crippen LogP contribution in [0.3, 0.4) is 0 Å². The first-order valence-electron chi connectivity index (χ1n) is 6.46. The molecular formula is C15H18Cl2N2. The van der Waals surface area contributed by atoms with E-state index in [2.05, 4.69) is 17.4 Å². The highest BCUT2D eigenvalue weighted by molar-refractivity contribution is 6.31. The van der Waals surface area contributed by atoms with Gasteiger partial charge in [-0.15, -0.1) is 11.6 Å². The fourth-order valence-corrected chi connectivity index (χ4v) is 2.66. The molecule has 1 aromatic carbocycles. The summed E-state index contributed by atoms with van der Waals surface area (Å²) in [6.07, 6.45) is 6.97. The van der Waals surface area contributed by atoms with Crippen molar-refractivity contribution in [3.8, 4) is 0 Å². The largest absolute Gasteiger partial charge is 0.276 e. The molecule has 19 heavy (non-hydrogen) atoms. The van der Waals surface area contributed by atoms with E-state index in [0.29, 0.717) is 11.8 Å². The molecule has 1 atom stereocenters. The average molecular weight is 297 g/mol. The quantitative estimate of drug-likeness (QED) is 0.734. The monoisotopic (exact) mass is 296 g/mol. The second-order valence-corrected chi connectivity index (χ2v) is 5.59. The van der Waals surface area contributed by atoms with Crippen LogP contribution in [0, 0.1) is 5.92 Å². The number of aromatic nitrogens is 2. The van der Waals surface area contributed by atoms with Crippen LogP contribution < -0.4 is 0 Å². The van der Waals surface area contributed by atoms with E-state index in [-0.39, 0.29) is 0 Å². The van der Waals surface area contributed by atoms with Gasteiger partial charge < -0.3 is 0 Å². The number of benzene rings is 1. The second-order valence-electron chi connectivity index (χ2n) is 4.88. The van der Waals surface area contributed by atoms with Crippen LogP contribution in [0.25, 0.3) is 0 Å². The molecule has 0 N–H and O–H groups in total. The molecule has 1 heterocycles. The van der Waals surface area contributed by atoms with Gasteiger partial charge in [0.1, 0.15) is 0 Å². The molecule has 1 aromatic heterocycles. The Morgan fingerprint density at radius 2 is 2.11 bits per heavy atom. The highest BCUT2D eigenvalue weighted by atomic mass is 35.5. The molecule has 1 unspecified atom stereocenters. The Morgan fingerprint density at radius 1 is 1.32 bits per heavy atom.